The number of alkyl halides is 3. The average Bonchev–Trinajstić information content (AvgIpc) is 2.57. The van der Waals surface area contributed by atoms with Gasteiger partial charge in [-0.05, 0) is 23.3 Å². The van der Waals surface area contributed by atoms with Gasteiger partial charge in [-0.25, -0.2) is 0 Å². The van der Waals surface area contributed by atoms with Crippen molar-refractivity contribution in [2.75, 3.05) is 0 Å². The van der Waals surface area contributed by atoms with Crippen LogP contribution in [0.15, 0.2) is 79.0 Å². The van der Waals surface area contributed by atoms with Crippen LogP contribution in [0.2, 0.25) is 0 Å². The largest absolute Gasteiger partial charge is 0.416 e. The van der Waals surface area contributed by atoms with Crippen LogP contribution in [-0.2, 0) is 6.18 Å². The fourth-order valence-electron chi connectivity index (χ4n) is 2.61. The van der Waals surface area contributed by atoms with Gasteiger partial charge in [-0.2, -0.15) is 13.2 Å². The molecule has 1 nitrogen and oxygen atoms in total. The lowest BCUT2D eigenvalue weighted by atomic mass is 9.87. The van der Waals surface area contributed by atoms with Crippen LogP contribution in [0.4, 0.5) is 13.2 Å². The zero-order valence-electron chi connectivity index (χ0n) is 12.2. The van der Waals surface area contributed by atoms with E-state index in [9.17, 15) is 13.2 Å². The highest BCUT2D eigenvalue weighted by molar-refractivity contribution is 5.41. The van der Waals surface area contributed by atoms with Crippen molar-refractivity contribution in [2.24, 2.45) is 0 Å². The molecular formula is C19H14F3N. The first-order valence-corrected chi connectivity index (χ1v) is 7.19. The third kappa shape index (κ3) is 3.42. The van der Waals surface area contributed by atoms with Gasteiger partial charge in [-0.3, -0.25) is 4.98 Å². The molecule has 0 fully saturated rings. The molecule has 0 bridgehead atoms. The van der Waals surface area contributed by atoms with E-state index in [1.54, 1.807) is 0 Å². The van der Waals surface area contributed by atoms with Crippen molar-refractivity contribution in [1.29, 1.82) is 0 Å². The van der Waals surface area contributed by atoms with Crippen LogP contribution in [0.5, 0.6) is 0 Å². The van der Waals surface area contributed by atoms with Crippen molar-refractivity contribution in [1.82, 2.24) is 4.98 Å². The number of rotatable bonds is 3. The van der Waals surface area contributed by atoms with E-state index >= 15 is 0 Å². The Balaban J connectivity index is 2.14. The number of hydrogen-bond acceptors (Lipinski definition) is 1. The van der Waals surface area contributed by atoms with E-state index in [2.05, 4.69) is 4.98 Å². The van der Waals surface area contributed by atoms with Crippen molar-refractivity contribution >= 4 is 0 Å². The molecule has 0 aliphatic heterocycles. The molecule has 0 radical (unpaired) electrons. The molecule has 0 saturated carbocycles. The molecule has 1 heterocycles. The maximum Gasteiger partial charge on any atom is 0.416 e. The molecule has 2 aromatic carbocycles. The van der Waals surface area contributed by atoms with E-state index in [0.29, 0.717) is 5.69 Å². The van der Waals surface area contributed by atoms with Crippen molar-refractivity contribution in [2.45, 2.75) is 12.1 Å². The lowest BCUT2D eigenvalue weighted by Gasteiger charge is -2.19. The molecular weight excluding hydrogens is 299 g/mol. The van der Waals surface area contributed by atoms with Gasteiger partial charge in [0.1, 0.15) is 0 Å². The predicted octanol–water partition coefficient (Wildman–Crippen LogP) is 5.28. The van der Waals surface area contributed by atoms with E-state index in [0.717, 1.165) is 23.3 Å². The third-order valence-electron chi connectivity index (χ3n) is 3.67. The van der Waals surface area contributed by atoms with Gasteiger partial charge in [-0.15, -0.1) is 0 Å². The summed E-state index contributed by atoms with van der Waals surface area (Å²) in [4.78, 5) is 4.21. The van der Waals surface area contributed by atoms with E-state index in [-0.39, 0.29) is 5.92 Å². The zero-order valence-corrected chi connectivity index (χ0v) is 12.2. The standard InChI is InChI=1S/C19H14F3N/c20-19(21,22)16-11-12-23-17(13-16)18(14-7-3-1-4-8-14)15-9-5-2-6-10-15/h1-13,18H. The normalized spacial score (nSPS) is 11.7. The Kier molecular flexibility index (Phi) is 4.15. The molecule has 4 heteroatoms. The van der Waals surface area contributed by atoms with Gasteiger partial charge in [-0.1, -0.05) is 60.7 Å². The number of halogens is 3. The maximum absolute atomic E-state index is 13.0. The summed E-state index contributed by atoms with van der Waals surface area (Å²) in [6.45, 7) is 0. The summed E-state index contributed by atoms with van der Waals surface area (Å²) in [5.74, 6) is -0.334. The molecule has 3 aromatic rings. The van der Waals surface area contributed by atoms with Crippen LogP contribution in [0.3, 0.4) is 0 Å². The molecule has 0 amide bonds. The summed E-state index contributed by atoms with van der Waals surface area (Å²) < 4.78 is 39.0. The second-order valence-electron chi connectivity index (χ2n) is 5.22. The van der Waals surface area contributed by atoms with Crippen LogP contribution in [0.1, 0.15) is 28.3 Å². The minimum Gasteiger partial charge on any atom is -0.260 e. The molecule has 116 valence electrons. The Labute approximate surface area is 132 Å². The molecule has 0 unspecified atom stereocenters. The Bertz CT molecular complexity index is 728. The average molecular weight is 313 g/mol. The summed E-state index contributed by atoms with van der Waals surface area (Å²) in [5, 5.41) is 0. The molecule has 0 atom stereocenters. The molecule has 1 aromatic heterocycles. The van der Waals surface area contributed by atoms with Crippen LogP contribution in [0, 0.1) is 0 Å². The highest BCUT2D eigenvalue weighted by Gasteiger charge is 2.31. The van der Waals surface area contributed by atoms with E-state index in [1.807, 2.05) is 60.7 Å². The fourth-order valence-corrected chi connectivity index (χ4v) is 2.61. The maximum atomic E-state index is 13.0. The minimum absolute atomic E-state index is 0.334. The summed E-state index contributed by atoms with van der Waals surface area (Å²) in [6, 6.07) is 21.0. The lowest BCUT2D eigenvalue weighted by Crippen LogP contribution is -2.10. The summed E-state index contributed by atoms with van der Waals surface area (Å²) in [6.07, 6.45) is -3.16. The highest BCUT2D eigenvalue weighted by Crippen LogP contribution is 2.34. The van der Waals surface area contributed by atoms with Gasteiger partial charge in [0.05, 0.1) is 17.2 Å². The summed E-state index contributed by atoms with van der Waals surface area (Å²) in [7, 11) is 0. The molecule has 0 aliphatic rings. The second kappa shape index (κ2) is 6.24. The SMILES string of the molecule is FC(F)(F)c1ccnc(C(c2ccccc2)c2ccccc2)c1. The van der Waals surface area contributed by atoms with Crippen molar-refractivity contribution in [3.05, 3.63) is 101 Å². The number of pyridine rings is 1. The van der Waals surface area contributed by atoms with Gasteiger partial charge in [0.15, 0.2) is 0 Å². The smallest absolute Gasteiger partial charge is 0.260 e. The molecule has 3 rings (SSSR count). The summed E-state index contributed by atoms with van der Waals surface area (Å²) in [5.41, 5.74) is 1.52. The zero-order chi connectivity index (χ0) is 16.3. The van der Waals surface area contributed by atoms with Crippen molar-refractivity contribution in [3.63, 3.8) is 0 Å². The highest BCUT2D eigenvalue weighted by atomic mass is 19.4. The van der Waals surface area contributed by atoms with Crippen LogP contribution < -0.4 is 0 Å². The summed E-state index contributed by atoms with van der Waals surface area (Å²) >= 11 is 0. The first-order valence-electron chi connectivity index (χ1n) is 7.19. The van der Waals surface area contributed by atoms with Crippen molar-refractivity contribution in [3.8, 4) is 0 Å². The Morgan fingerprint density at radius 2 is 1.26 bits per heavy atom. The molecule has 0 N–H and O–H groups in total. The van der Waals surface area contributed by atoms with E-state index in [4.69, 9.17) is 0 Å². The second-order valence-corrected chi connectivity index (χ2v) is 5.22. The molecule has 0 spiro atoms. The first kappa shape index (κ1) is 15.3. The number of aromatic nitrogens is 1. The first-order chi connectivity index (χ1) is 11.1. The van der Waals surface area contributed by atoms with Gasteiger partial charge in [0, 0.05) is 6.20 Å². The third-order valence-corrected chi connectivity index (χ3v) is 3.67. The van der Waals surface area contributed by atoms with Crippen LogP contribution >= 0.6 is 0 Å². The van der Waals surface area contributed by atoms with E-state index < -0.39 is 11.7 Å². The number of nitrogens with zero attached hydrogens (tertiary/aromatic N) is 1. The predicted molar refractivity (Wildman–Crippen MR) is 83.1 cm³/mol. The van der Waals surface area contributed by atoms with E-state index in [1.165, 1.54) is 6.20 Å². The number of benzene rings is 2. The van der Waals surface area contributed by atoms with Gasteiger partial charge >= 0.3 is 6.18 Å². The molecule has 0 aliphatic carbocycles. The van der Waals surface area contributed by atoms with Crippen molar-refractivity contribution < 1.29 is 13.2 Å². The Morgan fingerprint density at radius 1 is 0.739 bits per heavy atom. The Morgan fingerprint density at radius 3 is 1.74 bits per heavy atom. The minimum atomic E-state index is -4.38. The van der Waals surface area contributed by atoms with Gasteiger partial charge < -0.3 is 0 Å². The lowest BCUT2D eigenvalue weighted by molar-refractivity contribution is -0.137. The van der Waals surface area contributed by atoms with Gasteiger partial charge in [0.2, 0.25) is 0 Å². The number of hydrogen-bond donors (Lipinski definition) is 0. The topological polar surface area (TPSA) is 12.9 Å². The van der Waals surface area contributed by atoms with Crippen LogP contribution in [-0.4, -0.2) is 4.98 Å². The Hall–Kier alpha value is -2.62. The molecule has 0 saturated heterocycles. The molecule has 23 heavy (non-hydrogen) atoms. The van der Waals surface area contributed by atoms with Crippen LogP contribution in [0.25, 0.3) is 0 Å². The fraction of sp³-hybridized carbons (Fsp3) is 0.105. The van der Waals surface area contributed by atoms with Gasteiger partial charge in [0.25, 0.3) is 0 Å². The quantitative estimate of drug-likeness (QED) is 0.641. The monoisotopic (exact) mass is 313 g/mol.